The summed E-state index contributed by atoms with van der Waals surface area (Å²) in [6, 6.07) is 15.9. The van der Waals surface area contributed by atoms with Crippen LogP contribution >= 0.6 is 0 Å². The van der Waals surface area contributed by atoms with Crippen molar-refractivity contribution in [1.29, 1.82) is 0 Å². The molecule has 0 unspecified atom stereocenters. The van der Waals surface area contributed by atoms with E-state index in [9.17, 15) is 22.8 Å². The lowest BCUT2D eigenvalue weighted by atomic mass is 9.87. The van der Waals surface area contributed by atoms with Gasteiger partial charge in [-0.1, -0.05) is 42.5 Å². The predicted octanol–water partition coefficient (Wildman–Crippen LogP) is 2.83. The van der Waals surface area contributed by atoms with E-state index in [1.807, 2.05) is 30.3 Å². The first-order valence-electron chi connectivity index (χ1n) is 13.9. The summed E-state index contributed by atoms with van der Waals surface area (Å²) in [5, 5.41) is 11.3. The zero-order valence-electron chi connectivity index (χ0n) is 23.4. The van der Waals surface area contributed by atoms with Crippen molar-refractivity contribution in [2.75, 3.05) is 39.0 Å². The molecule has 2 aromatic carbocycles. The molecule has 2 aromatic rings. The van der Waals surface area contributed by atoms with E-state index in [1.54, 1.807) is 12.1 Å². The number of sulfone groups is 1. The van der Waals surface area contributed by atoms with Gasteiger partial charge in [0.05, 0.1) is 11.4 Å². The molecule has 222 valence electrons. The second kappa shape index (κ2) is 13.0. The minimum absolute atomic E-state index is 0.0283. The van der Waals surface area contributed by atoms with Crippen LogP contribution in [0.3, 0.4) is 0 Å². The fourth-order valence-electron chi connectivity index (χ4n) is 5.44. The van der Waals surface area contributed by atoms with E-state index >= 15 is 0 Å². The van der Waals surface area contributed by atoms with Crippen LogP contribution < -0.4 is 11.1 Å². The maximum atomic E-state index is 13.2. The van der Waals surface area contributed by atoms with Crippen molar-refractivity contribution in [2.24, 2.45) is 5.73 Å². The zero-order chi connectivity index (χ0) is 29.6. The number of nitrogens with one attached hydrogen (secondary N) is 1. The van der Waals surface area contributed by atoms with E-state index in [1.165, 1.54) is 21.9 Å². The number of piperidine rings is 1. The maximum Gasteiger partial charge on any atom is 0.407 e. The highest BCUT2D eigenvalue weighted by atomic mass is 32.2. The summed E-state index contributed by atoms with van der Waals surface area (Å²) in [6.45, 7) is 3.84. The molecule has 3 aliphatic rings. The van der Waals surface area contributed by atoms with Gasteiger partial charge in [-0.2, -0.15) is 0 Å². The third-order valence-electron chi connectivity index (χ3n) is 8.01. The number of rotatable bonds is 7. The molecule has 0 aliphatic carbocycles. The van der Waals surface area contributed by atoms with Crippen LogP contribution in [-0.2, 0) is 21.2 Å². The van der Waals surface area contributed by atoms with Crippen molar-refractivity contribution < 1.29 is 27.9 Å². The van der Waals surface area contributed by atoms with Gasteiger partial charge in [-0.15, -0.1) is 0 Å². The van der Waals surface area contributed by atoms with Crippen LogP contribution in [0, 0.1) is 0 Å². The van der Waals surface area contributed by atoms with Crippen LogP contribution in [0.5, 0.6) is 0 Å². The summed E-state index contributed by atoms with van der Waals surface area (Å²) in [4.78, 5) is 41.1. The Kier molecular flexibility index (Phi) is 9.67. The smallest absolute Gasteiger partial charge is 0.407 e. The number of carboxylic acid groups (broad SMARTS) is 1. The summed E-state index contributed by atoms with van der Waals surface area (Å²) in [6.07, 6.45) is 4.38. The molecular weight excluding hydrogens is 546 g/mol. The first kappa shape index (κ1) is 30.5. The molecule has 3 heterocycles. The second-order valence-electron chi connectivity index (χ2n) is 10.9. The predicted molar refractivity (Wildman–Crippen MR) is 154 cm³/mol. The number of benzene rings is 2. The Hall–Kier alpha value is -3.48. The van der Waals surface area contributed by atoms with E-state index in [-0.39, 0.29) is 23.4 Å². The Morgan fingerprint density at radius 1 is 1.00 bits per heavy atom. The molecule has 41 heavy (non-hydrogen) atoms. The number of nitrogens with two attached hydrogens (primary N) is 1. The number of nitrogens with zero attached hydrogens (tertiary/aromatic N) is 3. The van der Waals surface area contributed by atoms with Gasteiger partial charge in [0.25, 0.3) is 5.91 Å². The van der Waals surface area contributed by atoms with Crippen LogP contribution in [0.25, 0.3) is 0 Å². The number of likely N-dealkylation sites (tertiary alicyclic amines) is 2. The Morgan fingerprint density at radius 3 is 2.15 bits per heavy atom. The van der Waals surface area contributed by atoms with Gasteiger partial charge in [0.15, 0.2) is 9.84 Å². The number of hydrogen-bond acceptors (Lipinski definition) is 7. The molecule has 0 bridgehead atoms. The van der Waals surface area contributed by atoms with Gasteiger partial charge in [-0.3, -0.25) is 9.69 Å². The van der Waals surface area contributed by atoms with Gasteiger partial charge >= 0.3 is 12.1 Å². The second-order valence-corrected chi connectivity index (χ2v) is 13.0. The van der Waals surface area contributed by atoms with Gasteiger partial charge in [-0.05, 0) is 61.9 Å². The normalized spacial score (nSPS) is 19.6. The molecule has 11 nitrogen and oxygen atoms in total. The van der Waals surface area contributed by atoms with E-state index in [4.69, 9.17) is 10.8 Å². The van der Waals surface area contributed by atoms with E-state index in [0.717, 1.165) is 50.7 Å². The highest BCUT2D eigenvalue weighted by Gasteiger charge is 2.52. The lowest BCUT2D eigenvalue weighted by Gasteiger charge is -2.37. The zero-order valence-corrected chi connectivity index (χ0v) is 24.2. The number of amides is 4. The summed E-state index contributed by atoms with van der Waals surface area (Å²) in [5.74, 6) is -0.208. The molecule has 4 amide bonds. The summed E-state index contributed by atoms with van der Waals surface area (Å²) >= 11 is 0. The molecule has 3 saturated heterocycles. The standard InChI is InChI=1S/C24H30N4O4S.C5H9NO2/c1-33(31,32)20-9-7-18(8-10-20)17-28-22(29)24(26-23(28)30)12-15-27(16-13-24)14-11-21(25)19-5-3-2-4-6-19;7-5(8)6-3-1-2-4-6/h2-10,21H,11-17,25H2,1H3,(H,26,30);1-4H2,(H,7,8)/t21-;/m0./s1. The molecule has 3 fully saturated rings. The molecule has 5 rings (SSSR count). The van der Waals surface area contributed by atoms with Gasteiger partial charge in [-0.25, -0.2) is 18.0 Å². The Bertz CT molecular complexity index is 1320. The fourth-order valence-corrected chi connectivity index (χ4v) is 6.07. The van der Waals surface area contributed by atoms with Crippen LogP contribution in [0.4, 0.5) is 9.59 Å². The summed E-state index contributed by atoms with van der Waals surface area (Å²) in [5.41, 5.74) is 7.27. The summed E-state index contributed by atoms with van der Waals surface area (Å²) in [7, 11) is -3.29. The van der Waals surface area contributed by atoms with Crippen molar-refractivity contribution in [2.45, 2.75) is 55.1 Å². The molecule has 1 atom stereocenters. The van der Waals surface area contributed by atoms with Crippen LogP contribution in [0.1, 0.15) is 49.3 Å². The average Bonchev–Trinajstić information content (AvgIpc) is 3.58. The molecule has 0 radical (unpaired) electrons. The number of hydrogen-bond donors (Lipinski definition) is 3. The third kappa shape index (κ3) is 7.63. The van der Waals surface area contributed by atoms with Crippen LogP contribution in [0.2, 0.25) is 0 Å². The van der Waals surface area contributed by atoms with Crippen molar-refractivity contribution >= 4 is 27.9 Å². The first-order valence-corrected chi connectivity index (χ1v) is 15.8. The minimum atomic E-state index is -3.29. The molecule has 0 aromatic heterocycles. The number of carbonyl (C=O) groups is 3. The molecule has 1 spiro atoms. The molecule has 4 N–H and O–H groups in total. The number of imide groups is 1. The van der Waals surface area contributed by atoms with Crippen LogP contribution in [-0.4, -0.2) is 90.8 Å². The number of carbonyl (C=O) groups excluding carboxylic acids is 2. The monoisotopic (exact) mass is 585 g/mol. The molecule has 3 aliphatic heterocycles. The number of urea groups is 1. The fraction of sp³-hybridized carbons (Fsp3) is 0.483. The van der Waals surface area contributed by atoms with Gasteiger partial charge in [0, 0.05) is 38.5 Å². The average molecular weight is 586 g/mol. The first-order chi connectivity index (χ1) is 19.5. The quantitative estimate of drug-likeness (QED) is 0.420. The van der Waals surface area contributed by atoms with Crippen molar-refractivity contribution in [3.8, 4) is 0 Å². The summed E-state index contributed by atoms with van der Waals surface area (Å²) < 4.78 is 23.3. The third-order valence-corrected chi connectivity index (χ3v) is 9.14. The van der Waals surface area contributed by atoms with Crippen molar-refractivity contribution in [3.05, 3.63) is 65.7 Å². The van der Waals surface area contributed by atoms with Crippen molar-refractivity contribution in [1.82, 2.24) is 20.0 Å². The minimum Gasteiger partial charge on any atom is -0.465 e. The Labute approximate surface area is 241 Å². The largest absolute Gasteiger partial charge is 0.465 e. The van der Waals surface area contributed by atoms with E-state index < -0.39 is 27.5 Å². The Morgan fingerprint density at radius 2 is 1.61 bits per heavy atom. The van der Waals surface area contributed by atoms with Crippen molar-refractivity contribution in [3.63, 3.8) is 0 Å². The molecule has 12 heteroatoms. The lowest BCUT2D eigenvalue weighted by Crippen LogP contribution is -2.55. The highest BCUT2D eigenvalue weighted by molar-refractivity contribution is 7.90. The maximum absolute atomic E-state index is 13.2. The molecule has 0 saturated carbocycles. The van der Waals surface area contributed by atoms with Gasteiger partial charge in [0.1, 0.15) is 5.54 Å². The Balaban J connectivity index is 0.000000417. The topological polar surface area (TPSA) is 153 Å². The van der Waals surface area contributed by atoms with E-state index in [0.29, 0.717) is 31.5 Å². The van der Waals surface area contributed by atoms with Crippen LogP contribution in [0.15, 0.2) is 59.5 Å². The molecular formula is C29H39N5O6S. The van der Waals surface area contributed by atoms with E-state index in [2.05, 4.69) is 10.2 Å². The highest BCUT2D eigenvalue weighted by Crippen LogP contribution is 2.31. The SMILES string of the molecule is CS(=O)(=O)c1ccc(CN2C(=O)NC3(CCN(CC[C@H](N)c4ccccc4)CC3)C2=O)cc1.O=C(O)N1CCCC1. The van der Waals surface area contributed by atoms with Gasteiger partial charge in [0.2, 0.25) is 0 Å². The lowest BCUT2D eigenvalue weighted by molar-refractivity contribution is -0.133. The van der Waals surface area contributed by atoms with Gasteiger partial charge < -0.3 is 26.0 Å².